The molecule has 0 N–H and O–H groups in total. The molecule has 0 aromatic carbocycles. The second-order valence-electron chi connectivity index (χ2n) is 2.39. The van der Waals surface area contributed by atoms with Gasteiger partial charge in [0.25, 0.3) is 0 Å². The van der Waals surface area contributed by atoms with E-state index in [9.17, 15) is 0 Å². The zero-order valence-corrected chi connectivity index (χ0v) is 6.64. The van der Waals surface area contributed by atoms with Gasteiger partial charge in [0.1, 0.15) is 11.5 Å². The van der Waals surface area contributed by atoms with Gasteiger partial charge in [0.2, 0.25) is 0 Å². The quantitative estimate of drug-likeness (QED) is 0.549. The van der Waals surface area contributed by atoms with Gasteiger partial charge in [0.05, 0.1) is 18.9 Å². The molecule has 0 amide bonds. The van der Waals surface area contributed by atoms with E-state index >= 15 is 0 Å². The Kier molecular flexibility index (Phi) is 1.75. The molecule has 2 heterocycles. The Bertz CT molecular complexity index is 277. The minimum Gasteiger partial charge on any atom is -0.375 e. The number of halogens is 1. The second-order valence-corrected chi connectivity index (χ2v) is 2.75. The monoisotopic (exact) mass is 170 g/mol. The van der Waals surface area contributed by atoms with Gasteiger partial charge in [-0.1, -0.05) is 11.6 Å². The van der Waals surface area contributed by atoms with Crippen LogP contribution in [-0.2, 0) is 17.8 Å². The summed E-state index contributed by atoms with van der Waals surface area (Å²) >= 11 is 5.84. The average Bonchev–Trinajstić information content (AvgIpc) is 2.06. The van der Waals surface area contributed by atoms with E-state index in [4.69, 9.17) is 16.3 Å². The maximum atomic E-state index is 5.84. The van der Waals surface area contributed by atoms with Gasteiger partial charge in [-0.2, -0.15) is 0 Å². The molecular weight excluding hydrogens is 164 g/mol. The maximum absolute atomic E-state index is 5.84. The number of ether oxygens (including phenoxy) is 1. The number of hydrogen-bond acceptors (Lipinski definition) is 3. The molecule has 4 heteroatoms. The first-order valence-electron chi connectivity index (χ1n) is 3.44. The highest BCUT2D eigenvalue weighted by Crippen LogP contribution is 2.19. The van der Waals surface area contributed by atoms with Crippen LogP contribution >= 0.6 is 11.6 Å². The van der Waals surface area contributed by atoms with Crippen molar-refractivity contribution in [1.82, 2.24) is 9.97 Å². The Balaban J connectivity index is 2.49. The summed E-state index contributed by atoms with van der Waals surface area (Å²) in [4.78, 5) is 7.95. The van der Waals surface area contributed by atoms with Gasteiger partial charge >= 0.3 is 0 Å². The molecule has 2 rings (SSSR count). The van der Waals surface area contributed by atoms with Crippen LogP contribution in [0.5, 0.6) is 0 Å². The molecule has 11 heavy (non-hydrogen) atoms. The van der Waals surface area contributed by atoms with Gasteiger partial charge in [-0.25, -0.2) is 9.97 Å². The van der Waals surface area contributed by atoms with Gasteiger partial charge in [-0.15, -0.1) is 0 Å². The minimum absolute atomic E-state index is 0.567. The minimum atomic E-state index is 0.567. The van der Waals surface area contributed by atoms with Crippen LogP contribution < -0.4 is 0 Å². The van der Waals surface area contributed by atoms with E-state index in [2.05, 4.69) is 9.97 Å². The van der Waals surface area contributed by atoms with Crippen molar-refractivity contribution in [3.05, 3.63) is 22.7 Å². The third-order valence-electron chi connectivity index (χ3n) is 1.72. The standard InChI is InChI=1S/C7H7ClN2O/c8-7-5-1-2-11-3-6(5)9-4-10-7/h4H,1-3H2. The first kappa shape index (κ1) is 7.00. The molecule has 1 aromatic heterocycles. The van der Waals surface area contributed by atoms with Crippen LogP contribution in [0.2, 0.25) is 5.15 Å². The fourth-order valence-electron chi connectivity index (χ4n) is 1.14. The predicted octanol–water partition coefficient (Wildman–Crippen LogP) is 1.20. The molecular formula is C7H7ClN2O. The molecule has 0 atom stereocenters. The molecule has 0 saturated carbocycles. The van der Waals surface area contributed by atoms with Crippen molar-refractivity contribution in [2.24, 2.45) is 0 Å². The van der Waals surface area contributed by atoms with Crippen molar-refractivity contribution < 1.29 is 4.74 Å². The Morgan fingerprint density at radius 3 is 3.18 bits per heavy atom. The van der Waals surface area contributed by atoms with Crippen molar-refractivity contribution >= 4 is 11.6 Å². The topological polar surface area (TPSA) is 35.0 Å². The molecule has 0 radical (unpaired) electrons. The molecule has 0 unspecified atom stereocenters. The molecule has 0 saturated heterocycles. The third-order valence-corrected chi connectivity index (χ3v) is 2.04. The van der Waals surface area contributed by atoms with Crippen LogP contribution in [0.1, 0.15) is 11.3 Å². The Morgan fingerprint density at radius 2 is 2.36 bits per heavy atom. The highest BCUT2D eigenvalue weighted by Gasteiger charge is 2.13. The predicted molar refractivity (Wildman–Crippen MR) is 40.4 cm³/mol. The summed E-state index contributed by atoms with van der Waals surface area (Å²) in [5.74, 6) is 0. The molecule has 0 fully saturated rings. The van der Waals surface area contributed by atoms with Crippen LogP contribution in [0.3, 0.4) is 0 Å². The van der Waals surface area contributed by atoms with Crippen molar-refractivity contribution in [2.75, 3.05) is 6.61 Å². The van der Waals surface area contributed by atoms with Gasteiger partial charge in [0.15, 0.2) is 0 Å². The number of fused-ring (bicyclic) bond motifs is 1. The van der Waals surface area contributed by atoms with Gasteiger partial charge in [0, 0.05) is 12.0 Å². The lowest BCUT2D eigenvalue weighted by atomic mass is 10.1. The van der Waals surface area contributed by atoms with Gasteiger partial charge in [-0.05, 0) is 0 Å². The first-order chi connectivity index (χ1) is 5.38. The SMILES string of the molecule is Clc1ncnc2c1CCOC2. The van der Waals surface area contributed by atoms with E-state index in [1.54, 1.807) is 0 Å². The van der Waals surface area contributed by atoms with E-state index in [-0.39, 0.29) is 0 Å². The average molecular weight is 171 g/mol. The lowest BCUT2D eigenvalue weighted by Crippen LogP contribution is -2.12. The fraction of sp³-hybridized carbons (Fsp3) is 0.429. The van der Waals surface area contributed by atoms with Crippen molar-refractivity contribution in [2.45, 2.75) is 13.0 Å². The van der Waals surface area contributed by atoms with E-state index in [0.29, 0.717) is 11.8 Å². The molecule has 0 spiro atoms. The summed E-state index contributed by atoms with van der Waals surface area (Å²) in [5, 5.41) is 0.568. The number of nitrogens with zero attached hydrogens (tertiary/aromatic N) is 2. The van der Waals surface area contributed by atoms with E-state index in [1.807, 2.05) is 0 Å². The van der Waals surface area contributed by atoms with Crippen LogP contribution in [-0.4, -0.2) is 16.6 Å². The fourth-order valence-corrected chi connectivity index (χ4v) is 1.39. The van der Waals surface area contributed by atoms with Crippen molar-refractivity contribution in [3.8, 4) is 0 Å². The van der Waals surface area contributed by atoms with Gasteiger partial charge < -0.3 is 4.74 Å². The van der Waals surface area contributed by atoms with Crippen LogP contribution in [0.4, 0.5) is 0 Å². The second kappa shape index (κ2) is 2.75. The summed E-state index contributed by atoms with van der Waals surface area (Å²) in [7, 11) is 0. The Labute approximate surface area is 69.4 Å². The third kappa shape index (κ3) is 1.21. The van der Waals surface area contributed by atoms with E-state index in [0.717, 1.165) is 24.3 Å². The van der Waals surface area contributed by atoms with Crippen LogP contribution in [0.15, 0.2) is 6.33 Å². The maximum Gasteiger partial charge on any atom is 0.136 e. The molecule has 1 aliphatic heterocycles. The lowest BCUT2D eigenvalue weighted by molar-refractivity contribution is 0.107. The Hall–Kier alpha value is -0.670. The number of rotatable bonds is 0. The van der Waals surface area contributed by atoms with Gasteiger partial charge in [-0.3, -0.25) is 0 Å². The molecule has 3 nitrogen and oxygen atoms in total. The largest absolute Gasteiger partial charge is 0.375 e. The first-order valence-corrected chi connectivity index (χ1v) is 3.82. The van der Waals surface area contributed by atoms with Crippen LogP contribution in [0, 0.1) is 0 Å². The Morgan fingerprint density at radius 1 is 1.45 bits per heavy atom. The summed E-state index contributed by atoms with van der Waals surface area (Å²) < 4.78 is 5.20. The van der Waals surface area contributed by atoms with Crippen molar-refractivity contribution in [1.29, 1.82) is 0 Å². The molecule has 1 aliphatic rings. The molecule has 0 bridgehead atoms. The highest BCUT2D eigenvalue weighted by molar-refractivity contribution is 6.30. The number of hydrogen-bond donors (Lipinski definition) is 0. The summed E-state index contributed by atoms with van der Waals surface area (Å²) in [5.41, 5.74) is 1.97. The lowest BCUT2D eigenvalue weighted by Gasteiger charge is -2.14. The summed E-state index contributed by atoms with van der Waals surface area (Å²) in [6, 6.07) is 0. The van der Waals surface area contributed by atoms with Crippen LogP contribution in [0.25, 0.3) is 0 Å². The van der Waals surface area contributed by atoms with Crippen molar-refractivity contribution in [3.63, 3.8) is 0 Å². The highest BCUT2D eigenvalue weighted by atomic mass is 35.5. The zero-order chi connectivity index (χ0) is 7.68. The van der Waals surface area contributed by atoms with E-state index < -0.39 is 0 Å². The molecule has 1 aromatic rings. The smallest absolute Gasteiger partial charge is 0.136 e. The zero-order valence-electron chi connectivity index (χ0n) is 5.88. The normalized spacial score (nSPS) is 16.1. The summed E-state index contributed by atoms with van der Waals surface area (Å²) in [6.45, 7) is 1.29. The number of aromatic nitrogens is 2. The summed E-state index contributed by atoms with van der Waals surface area (Å²) in [6.07, 6.45) is 2.30. The molecule has 58 valence electrons. The molecule has 0 aliphatic carbocycles. The van der Waals surface area contributed by atoms with E-state index in [1.165, 1.54) is 6.33 Å².